The molecule has 29 heavy (non-hydrogen) atoms. The largest absolute Gasteiger partial charge is 0.469 e. The van der Waals surface area contributed by atoms with Crippen molar-refractivity contribution in [3.05, 3.63) is 29.3 Å². The quantitative estimate of drug-likeness (QED) is 0.226. The third kappa shape index (κ3) is 8.67. The van der Waals surface area contributed by atoms with Crippen LogP contribution in [0, 0.1) is 0 Å². The Morgan fingerprint density at radius 3 is 1.93 bits per heavy atom. The number of benzene rings is 1. The minimum Gasteiger partial charge on any atom is -0.469 e. The molecule has 1 aromatic rings. The Bertz CT molecular complexity index is 684. The summed E-state index contributed by atoms with van der Waals surface area (Å²) in [6.07, 6.45) is 14.1. The SMILES string of the molecule is CCCCCCCc1cccc(OC(C)(CC)S(=O)(=O)O)c1CCCCCCC. The molecule has 168 valence electrons. The number of aryl methyl sites for hydroxylation is 1. The van der Waals surface area contributed by atoms with E-state index in [1.165, 1.54) is 63.9 Å². The number of hydrogen-bond acceptors (Lipinski definition) is 3. The molecule has 0 saturated heterocycles. The van der Waals surface area contributed by atoms with Crippen molar-refractivity contribution in [2.24, 2.45) is 0 Å². The van der Waals surface area contributed by atoms with Gasteiger partial charge in [-0.15, -0.1) is 0 Å². The van der Waals surface area contributed by atoms with Crippen LogP contribution >= 0.6 is 0 Å². The second-order valence-corrected chi connectivity index (χ2v) is 10.1. The first-order valence-corrected chi connectivity index (χ1v) is 13.0. The predicted octanol–water partition coefficient (Wildman–Crippen LogP) is 7.11. The number of ether oxygens (including phenoxy) is 1. The zero-order valence-electron chi connectivity index (χ0n) is 19.0. The fourth-order valence-corrected chi connectivity index (χ4v) is 4.15. The summed E-state index contributed by atoms with van der Waals surface area (Å²) in [4.78, 5) is -1.62. The number of rotatable bonds is 16. The van der Waals surface area contributed by atoms with Gasteiger partial charge in [0.05, 0.1) is 0 Å². The molecular weight excluding hydrogens is 384 g/mol. The first-order chi connectivity index (χ1) is 13.8. The van der Waals surface area contributed by atoms with Gasteiger partial charge in [0.1, 0.15) is 5.75 Å². The van der Waals surface area contributed by atoms with Gasteiger partial charge in [-0.05, 0) is 49.8 Å². The van der Waals surface area contributed by atoms with Gasteiger partial charge in [-0.25, -0.2) is 0 Å². The van der Waals surface area contributed by atoms with Gasteiger partial charge < -0.3 is 4.74 Å². The maximum Gasteiger partial charge on any atom is 0.306 e. The highest BCUT2D eigenvalue weighted by atomic mass is 32.2. The van der Waals surface area contributed by atoms with Gasteiger partial charge in [0, 0.05) is 6.42 Å². The van der Waals surface area contributed by atoms with Crippen LogP contribution in [0.5, 0.6) is 5.75 Å². The van der Waals surface area contributed by atoms with Crippen molar-refractivity contribution < 1.29 is 17.7 Å². The van der Waals surface area contributed by atoms with E-state index < -0.39 is 15.1 Å². The Balaban J connectivity index is 3.01. The summed E-state index contributed by atoms with van der Waals surface area (Å²) >= 11 is 0. The second kappa shape index (κ2) is 13.3. The van der Waals surface area contributed by atoms with Gasteiger partial charge in [-0.1, -0.05) is 84.3 Å². The smallest absolute Gasteiger partial charge is 0.306 e. The Hall–Kier alpha value is -1.07. The van der Waals surface area contributed by atoms with Crippen molar-refractivity contribution in [3.63, 3.8) is 0 Å². The second-order valence-electron chi connectivity index (χ2n) is 8.29. The molecule has 1 aromatic carbocycles. The molecule has 5 heteroatoms. The van der Waals surface area contributed by atoms with E-state index >= 15 is 0 Å². The van der Waals surface area contributed by atoms with Crippen LogP contribution < -0.4 is 4.74 Å². The Kier molecular flexibility index (Phi) is 11.9. The van der Waals surface area contributed by atoms with E-state index in [1.54, 1.807) is 6.92 Å². The lowest BCUT2D eigenvalue weighted by Crippen LogP contribution is -2.40. The Morgan fingerprint density at radius 1 is 0.862 bits per heavy atom. The van der Waals surface area contributed by atoms with Crippen LogP contribution in [-0.2, 0) is 23.0 Å². The van der Waals surface area contributed by atoms with Crippen molar-refractivity contribution in [1.82, 2.24) is 0 Å². The molecule has 0 saturated carbocycles. The molecule has 1 N–H and O–H groups in total. The van der Waals surface area contributed by atoms with E-state index in [0.717, 1.165) is 31.2 Å². The molecule has 0 radical (unpaired) electrons. The lowest BCUT2D eigenvalue weighted by atomic mass is 9.95. The van der Waals surface area contributed by atoms with Crippen LogP contribution in [0.25, 0.3) is 0 Å². The fourth-order valence-electron chi connectivity index (χ4n) is 3.59. The minimum atomic E-state index is -4.32. The average molecular weight is 427 g/mol. The van der Waals surface area contributed by atoms with Gasteiger partial charge in [-0.2, -0.15) is 8.42 Å². The first-order valence-electron chi connectivity index (χ1n) is 11.6. The molecule has 1 rings (SSSR count). The molecule has 1 atom stereocenters. The van der Waals surface area contributed by atoms with E-state index in [1.807, 2.05) is 12.1 Å². The highest BCUT2D eigenvalue weighted by Gasteiger charge is 2.39. The molecule has 0 amide bonds. The maximum absolute atomic E-state index is 11.9. The molecular formula is C24H42O4S. The van der Waals surface area contributed by atoms with Crippen molar-refractivity contribution in [1.29, 1.82) is 0 Å². The fraction of sp³-hybridized carbons (Fsp3) is 0.750. The molecule has 0 aliphatic heterocycles. The van der Waals surface area contributed by atoms with Crippen molar-refractivity contribution in [3.8, 4) is 5.75 Å². The third-order valence-electron chi connectivity index (χ3n) is 5.82. The van der Waals surface area contributed by atoms with Crippen LogP contribution in [0.4, 0.5) is 0 Å². The average Bonchev–Trinajstić information content (AvgIpc) is 2.68. The summed E-state index contributed by atoms with van der Waals surface area (Å²) in [5.41, 5.74) is 2.37. The van der Waals surface area contributed by atoms with Crippen LogP contribution in [0.3, 0.4) is 0 Å². The van der Waals surface area contributed by atoms with E-state index in [2.05, 4.69) is 19.9 Å². The standard InChI is InChI=1S/C24H42O4S/c1-5-8-10-12-14-17-21-18-16-20-23(22(21)19-15-13-11-9-6-2)28-24(4,7-3)29(25,26)27/h16,18,20H,5-15,17,19H2,1-4H3,(H,25,26,27). The summed E-state index contributed by atoms with van der Waals surface area (Å²) in [7, 11) is -4.32. The van der Waals surface area contributed by atoms with E-state index in [0.29, 0.717) is 5.75 Å². The summed E-state index contributed by atoms with van der Waals surface area (Å²) in [5.74, 6) is 0.605. The summed E-state index contributed by atoms with van der Waals surface area (Å²) in [5, 5.41) is 0. The highest BCUT2D eigenvalue weighted by Crippen LogP contribution is 2.32. The topological polar surface area (TPSA) is 63.6 Å². The van der Waals surface area contributed by atoms with Gasteiger partial charge in [0.25, 0.3) is 0 Å². The van der Waals surface area contributed by atoms with Crippen LogP contribution in [0.2, 0.25) is 0 Å². The molecule has 0 fully saturated rings. The van der Waals surface area contributed by atoms with Gasteiger partial charge in [0.15, 0.2) is 0 Å². The third-order valence-corrected chi connectivity index (χ3v) is 7.29. The minimum absolute atomic E-state index is 0.184. The zero-order chi connectivity index (χ0) is 21.8. The van der Waals surface area contributed by atoms with Crippen molar-refractivity contribution >= 4 is 10.1 Å². The number of unbranched alkanes of at least 4 members (excludes halogenated alkanes) is 8. The van der Waals surface area contributed by atoms with Crippen molar-refractivity contribution in [2.75, 3.05) is 0 Å². The van der Waals surface area contributed by atoms with Gasteiger partial charge in [-0.3, -0.25) is 4.55 Å². The highest BCUT2D eigenvalue weighted by molar-refractivity contribution is 7.87. The molecule has 0 spiro atoms. The predicted molar refractivity (Wildman–Crippen MR) is 122 cm³/mol. The summed E-state index contributed by atoms with van der Waals surface area (Å²) in [6, 6.07) is 5.93. The summed E-state index contributed by atoms with van der Waals surface area (Å²) < 4.78 is 39.5. The van der Waals surface area contributed by atoms with Crippen LogP contribution in [0.1, 0.15) is 109 Å². The normalized spacial score (nSPS) is 14.0. The molecule has 0 bridgehead atoms. The molecule has 4 nitrogen and oxygen atoms in total. The van der Waals surface area contributed by atoms with Gasteiger partial charge >= 0.3 is 10.1 Å². The molecule has 0 aromatic heterocycles. The van der Waals surface area contributed by atoms with Crippen LogP contribution in [-0.4, -0.2) is 17.9 Å². The van der Waals surface area contributed by atoms with E-state index in [-0.39, 0.29) is 6.42 Å². The lowest BCUT2D eigenvalue weighted by molar-refractivity contribution is 0.153. The lowest BCUT2D eigenvalue weighted by Gasteiger charge is -2.28. The van der Waals surface area contributed by atoms with Crippen molar-refractivity contribution in [2.45, 2.75) is 116 Å². The molecule has 1 unspecified atom stereocenters. The molecule has 0 aliphatic carbocycles. The summed E-state index contributed by atoms with van der Waals surface area (Å²) in [6.45, 7) is 7.60. The molecule has 0 heterocycles. The zero-order valence-corrected chi connectivity index (χ0v) is 19.8. The van der Waals surface area contributed by atoms with Gasteiger partial charge in [0.2, 0.25) is 4.93 Å². The maximum atomic E-state index is 11.9. The van der Waals surface area contributed by atoms with E-state index in [4.69, 9.17) is 4.74 Å². The van der Waals surface area contributed by atoms with E-state index in [9.17, 15) is 13.0 Å². The number of hydrogen-bond donors (Lipinski definition) is 1. The monoisotopic (exact) mass is 426 g/mol. The first kappa shape index (κ1) is 26.0. The molecule has 0 aliphatic rings. The Morgan fingerprint density at radius 2 is 1.41 bits per heavy atom. The van der Waals surface area contributed by atoms with Crippen LogP contribution in [0.15, 0.2) is 18.2 Å². The Labute approximate surface area is 179 Å².